The van der Waals surface area contributed by atoms with Crippen molar-refractivity contribution in [1.29, 1.82) is 0 Å². The minimum absolute atomic E-state index is 0.181. The van der Waals surface area contributed by atoms with Crippen LogP contribution in [0.3, 0.4) is 0 Å². The molecule has 1 aromatic carbocycles. The van der Waals surface area contributed by atoms with Crippen LogP contribution in [0.4, 0.5) is 5.69 Å². The summed E-state index contributed by atoms with van der Waals surface area (Å²) in [6.45, 7) is 5.99. The van der Waals surface area contributed by atoms with Gasteiger partial charge < -0.3 is 15.1 Å². The van der Waals surface area contributed by atoms with E-state index in [1.807, 2.05) is 24.3 Å². The second-order valence-electron chi connectivity index (χ2n) is 6.65. The molecule has 0 radical (unpaired) electrons. The van der Waals surface area contributed by atoms with E-state index >= 15 is 0 Å². The van der Waals surface area contributed by atoms with E-state index in [0.29, 0.717) is 6.67 Å². The molecule has 5 heteroatoms. The first-order chi connectivity index (χ1) is 11.2. The van der Waals surface area contributed by atoms with Crippen molar-refractivity contribution in [3.05, 3.63) is 29.3 Å². The van der Waals surface area contributed by atoms with E-state index in [9.17, 15) is 4.79 Å². The molecule has 1 amide bonds. The topological polar surface area (TPSA) is 35.6 Å². The lowest BCUT2D eigenvalue weighted by Gasteiger charge is -2.43. The number of carbonyl (C=O) groups excluding carboxylic acids is 1. The molecule has 126 valence electrons. The fourth-order valence-corrected chi connectivity index (χ4v) is 3.90. The molecule has 1 N–H and O–H groups in total. The lowest BCUT2D eigenvalue weighted by Crippen LogP contribution is -2.56. The first kappa shape index (κ1) is 16.6. The molecule has 2 fully saturated rings. The van der Waals surface area contributed by atoms with Crippen molar-refractivity contribution in [2.45, 2.75) is 44.6 Å². The van der Waals surface area contributed by atoms with E-state index in [1.165, 1.54) is 19.3 Å². The minimum Gasteiger partial charge on any atom is -0.339 e. The first-order valence-corrected chi connectivity index (χ1v) is 9.07. The van der Waals surface area contributed by atoms with Gasteiger partial charge in [0.15, 0.2) is 0 Å². The molecule has 1 spiro atoms. The number of benzene rings is 1. The molecular formula is C18H26ClN3O. The first-order valence-electron chi connectivity index (χ1n) is 8.69. The minimum atomic E-state index is -0.380. The third-order valence-corrected chi connectivity index (χ3v) is 5.49. The van der Waals surface area contributed by atoms with Crippen molar-refractivity contribution in [3.8, 4) is 0 Å². The van der Waals surface area contributed by atoms with E-state index in [1.54, 1.807) is 0 Å². The smallest absolute Gasteiger partial charge is 0.247 e. The van der Waals surface area contributed by atoms with Crippen molar-refractivity contribution in [2.24, 2.45) is 0 Å². The van der Waals surface area contributed by atoms with Gasteiger partial charge in [-0.3, -0.25) is 4.79 Å². The summed E-state index contributed by atoms with van der Waals surface area (Å²) in [7, 11) is 0. The van der Waals surface area contributed by atoms with Gasteiger partial charge in [0.2, 0.25) is 5.91 Å². The molecule has 0 atom stereocenters. The molecule has 2 aliphatic heterocycles. The molecule has 23 heavy (non-hydrogen) atoms. The Morgan fingerprint density at radius 3 is 2.52 bits per heavy atom. The van der Waals surface area contributed by atoms with Crippen LogP contribution in [0, 0.1) is 0 Å². The SMILES string of the molecule is CCCCCN1CCC2(CC1)C(=O)NCN2c1ccc(Cl)cc1. The van der Waals surface area contributed by atoms with Gasteiger partial charge in [0, 0.05) is 23.8 Å². The predicted octanol–water partition coefficient (Wildman–Crippen LogP) is 3.26. The summed E-state index contributed by atoms with van der Waals surface area (Å²) in [5.41, 5.74) is 0.696. The Hall–Kier alpha value is -1.26. The van der Waals surface area contributed by atoms with Crippen LogP contribution in [0.25, 0.3) is 0 Å². The van der Waals surface area contributed by atoms with Crippen LogP contribution >= 0.6 is 11.6 Å². The van der Waals surface area contributed by atoms with Gasteiger partial charge in [-0.05, 0) is 50.1 Å². The number of nitrogens with zero attached hydrogens (tertiary/aromatic N) is 2. The second kappa shape index (κ2) is 7.10. The molecule has 2 heterocycles. The molecule has 2 aliphatic rings. The number of piperidine rings is 1. The average Bonchev–Trinajstić information content (AvgIpc) is 2.87. The zero-order chi connectivity index (χ0) is 16.3. The number of unbranched alkanes of at least 4 members (excludes halogenated alkanes) is 2. The summed E-state index contributed by atoms with van der Waals surface area (Å²) in [5, 5.41) is 3.77. The Kier molecular flexibility index (Phi) is 5.12. The Bertz CT molecular complexity index is 538. The number of amides is 1. The Labute approximate surface area is 143 Å². The summed E-state index contributed by atoms with van der Waals surface area (Å²) in [5.74, 6) is 0.181. The lowest BCUT2D eigenvalue weighted by atomic mass is 9.85. The van der Waals surface area contributed by atoms with Gasteiger partial charge in [-0.2, -0.15) is 0 Å². The summed E-state index contributed by atoms with van der Waals surface area (Å²) in [6.07, 6.45) is 5.60. The van der Waals surface area contributed by atoms with Gasteiger partial charge in [0.1, 0.15) is 5.54 Å². The predicted molar refractivity (Wildman–Crippen MR) is 94.9 cm³/mol. The third kappa shape index (κ3) is 3.33. The van der Waals surface area contributed by atoms with Gasteiger partial charge in [0.25, 0.3) is 0 Å². The van der Waals surface area contributed by atoms with Crippen molar-refractivity contribution in [3.63, 3.8) is 0 Å². The standard InChI is InChI=1S/C18H26ClN3O/c1-2-3-4-11-21-12-9-18(10-13-21)17(23)20-14-22(18)16-7-5-15(19)6-8-16/h5-8H,2-4,9-14H2,1H3,(H,20,23). The second-order valence-corrected chi connectivity index (χ2v) is 7.09. The summed E-state index contributed by atoms with van der Waals surface area (Å²) >= 11 is 6.00. The maximum atomic E-state index is 12.6. The molecule has 0 bridgehead atoms. The maximum absolute atomic E-state index is 12.6. The highest BCUT2D eigenvalue weighted by atomic mass is 35.5. The molecule has 0 aliphatic carbocycles. The number of halogens is 1. The average molecular weight is 336 g/mol. The molecule has 3 rings (SSSR count). The van der Waals surface area contributed by atoms with Crippen LogP contribution in [0.1, 0.15) is 39.0 Å². The van der Waals surface area contributed by atoms with E-state index in [2.05, 4.69) is 22.0 Å². The highest BCUT2D eigenvalue weighted by molar-refractivity contribution is 6.30. The molecule has 4 nitrogen and oxygen atoms in total. The Balaban J connectivity index is 1.69. The largest absolute Gasteiger partial charge is 0.339 e. The zero-order valence-electron chi connectivity index (χ0n) is 13.9. The van der Waals surface area contributed by atoms with Crippen LogP contribution in [0.15, 0.2) is 24.3 Å². The van der Waals surface area contributed by atoms with Gasteiger partial charge in [0.05, 0.1) is 6.67 Å². The monoisotopic (exact) mass is 335 g/mol. The molecule has 0 aromatic heterocycles. The molecular weight excluding hydrogens is 310 g/mol. The fraction of sp³-hybridized carbons (Fsp3) is 0.611. The number of anilines is 1. The van der Waals surface area contributed by atoms with Crippen LogP contribution in [0.2, 0.25) is 5.02 Å². The number of carbonyl (C=O) groups is 1. The molecule has 0 saturated carbocycles. The van der Waals surface area contributed by atoms with Crippen LogP contribution in [0.5, 0.6) is 0 Å². The Morgan fingerprint density at radius 2 is 1.87 bits per heavy atom. The number of nitrogens with one attached hydrogen (secondary N) is 1. The van der Waals surface area contributed by atoms with Crippen molar-refractivity contribution in [2.75, 3.05) is 31.2 Å². The summed E-state index contributed by atoms with van der Waals surface area (Å²) < 4.78 is 0. The third-order valence-electron chi connectivity index (χ3n) is 5.24. The summed E-state index contributed by atoms with van der Waals surface area (Å²) in [6, 6.07) is 7.82. The number of hydrogen-bond donors (Lipinski definition) is 1. The molecule has 1 aromatic rings. The van der Waals surface area contributed by atoms with Crippen LogP contribution in [-0.4, -0.2) is 42.6 Å². The quantitative estimate of drug-likeness (QED) is 0.839. The van der Waals surface area contributed by atoms with Crippen molar-refractivity contribution >= 4 is 23.2 Å². The highest BCUT2D eigenvalue weighted by Crippen LogP contribution is 2.36. The molecule has 0 unspecified atom stereocenters. The van der Waals surface area contributed by atoms with Gasteiger partial charge in [-0.15, -0.1) is 0 Å². The van der Waals surface area contributed by atoms with Gasteiger partial charge >= 0.3 is 0 Å². The molecule has 2 saturated heterocycles. The normalized spacial score (nSPS) is 21.0. The highest BCUT2D eigenvalue weighted by Gasteiger charge is 2.50. The van der Waals surface area contributed by atoms with E-state index in [4.69, 9.17) is 11.6 Å². The van der Waals surface area contributed by atoms with Crippen LogP contribution in [-0.2, 0) is 4.79 Å². The number of hydrogen-bond acceptors (Lipinski definition) is 3. The van der Waals surface area contributed by atoms with Gasteiger partial charge in [-0.25, -0.2) is 0 Å². The lowest BCUT2D eigenvalue weighted by molar-refractivity contribution is -0.125. The maximum Gasteiger partial charge on any atom is 0.247 e. The van der Waals surface area contributed by atoms with E-state index < -0.39 is 0 Å². The van der Waals surface area contributed by atoms with E-state index in [0.717, 1.165) is 43.2 Å². The van der Waals surface area contributed by atoms with E-state index in [-0.39, 0.29) is 11.4 Å². The van der Waals surface area contributed by atoms with Gasteiger partial charge in [-0.1, -0.05) is 31.4 Å². The summed E-state index contributed by atoms with van der Waals surface area (Å²) in [4.78, 5) is 17.3. The fourth-order valence-electron chi connectivity index (χ4n) is 3.78. The van der Waals surface area contributed by atoms with Crippen molar-refractivity contribution in [1.82, 2.24) is 10.2 Å². The number of likely N-dealkylation sites (tertiary alicyclic amines) is 1. The Morgan fingerprint density at radius 1 is 1.17 bits per heavy atom. The zero-order valence-corrected chi connectivity index (χ0v) is 14.6. The number of rotatable bonds is 5. The van der Waals surface area contributed by atoms with Crippen molar-refractivity contribution < 1.29 is 4.79 Å². The van der Waals surface area contributed by atoms with Crippen LogP contribution < -0.4 is 10.2 Å².